The van der Waals surface area contributed by atoms with Gasteiger partial charge >= 0.3 is 17.9 Å². The third-order valence-corrected chi connectivity index (χ3v) is 16.6. The van der Waals surface area contributed by atoms with E-state index in [1.165, 1.54) is 135 Å². The molecule has 3 rings (SSSR count). The van der Waals surface area contributed by atoms with Gasteiger partial charge in [0, 0.05) is 65.3 Å². The second-order valence-electron chi connectivity index (χ2n) is 21.9. The zero-order valence-corrected chi connectivity index (χ0v) is 64.0. The second kappa shape index (κ2) is 78.7. The van der Waals surface area contributed by atoms with Crippen LogP contribution in [-0.2, 0) is 35.1 Å². The Morgan fingerprint density at radius 3 is 1.72 bits per heavy atom. The van der Waals surface area contributed by atoms with E-state index in [0.717, 1.165) is 119 Å². The number of thiophene rings is 1. The predicted molar refractivity (Wildman–Crippen MR) is 413 cm³/mol. The van der Waals surface area contributed by atoms with E-state index in [4.69, 9.17) is 19.7 Å². The molecule has 2 N–H and O–H groups in total. The van der Waals surface area contributed by atoms with Crippen LogP contribution in [0.15, 0.2) is 127 Å². The molecule has 0 saturated heterocycles. The van der Waals surface area contributed by atoms with E-state index in [1.54, 1.807) is 0 Å². The number of ether oxygens (including phenoxy) is 2. The normalized spacial score (nSPS) is 13.5. The fraction of sp³-hybridized carbons (Fsp3) is 0.634. The van der Waals surface area contributed by atoms with Gasteiger partial charge in [-0.2, -0.15) is 0 Å². The van der Waals surface area contributed by atoms with Crippen molar-refractivity contribution < 1.29 is 38.9 Å². The minimum Gasteiger partial charge on any atom is -0.481 e. The van der Waals surface area contributed by atoms with Gasteiger partial charge in [-0.25, -0.2) is 0 Å². The Morgan fingerprint density at radius 2 is 1.22 bits per heavy atom. The molecule has 0 fully saturated rings. The van der Waals surface area contributed by atoms with Crippen LogP contribution in [0.1, 0.15) is 314 Å². The lowest BCUT2D eigenvalue weighted by atomic mass is 9.95. The number of hydrogen-bond donors (Lipinski definition) is 2. The number of unbranched alkanes of at least 4 members (excludes halogenated alkanes) is 18. The minimum absolute atomic E-state index is 0.0132. The molecule has 2 aromatic rings. The zero-order valence-electron chi connectivity index (χ0n) is 62.4. The highest BCUT2D eigenvalue weighted by atomic mass is 32.2. The summed E-state index contributed by atoms with van der Waals surface area (Å²) in [6, 6.07) is 6.73. The van der Waals surface area contributed by atoms with E-state index < -0.39 is 5.97 Å². The molecule has 0 aliphatic carbocycles. The molecule has 8 nitrogen and oxygen atoms in total. The number of carboxylic acids is 1. The molecule has 10 heteroatoms. The molecule has 0 spiro atoms. The average molecular weight is 1320 g/mol. The Bertz CT molecular complexity index is 2220. The van der Waals surface area contributed by atoms with Crippen molar-refractivity contribution in [3.63, 3.8) is 0 Å². The summed E-state index contributed by atoms with van der Waals surface area (Å²) in [6.07, 6.45) is 60.5. The summed E-state index contributed by atoms with van der Waals surface area (Å²) in [5, 5.41) is 16.4. The van der Waals surface area contributed by atoms with Gasteiger partial charge in [0.15, 0.2) is 0 Å². The summed E-state index contributed by atoms with van der Waals surface area (Å²) >= 11 is 3.76. The van der Waals surface area contributed by atoms with Crippen LogP contribution in [0.5, 0.6) is 0 Å². The summed E-state index contributed by atoms with van der Waals surface area (Å²) in [5.41, 5.74) is 4.41. The summed E-state index contributed by atoms with van der Waals surface area (Å²) in [6.45, 7) is 43.1. The van der Waals surface area contributed by atoms with Crippen LogP contribution in [0.25, 0.3) is 15.7 Å². The lowest BCUT2D eigenvalue weighted by Crippen LogP contribution is -2.25. The van der Waals surface area contributed by atoms with Crippen molar-refractivity contribution in [1.82, 2.24) is 0 Å². The highest BCUT2D eigenvalue weighted by Crippen LogP contribution is 2.41. The number of benzene rings is 1. The standard InChI is InChI=1S/C48H64O4S2.C9H20.C8H16O.C6H12O2.C4H10.2C2H6.C2H4.CH4O/c1-8-14-16-17-26-40(25-15-9-2)48(50)52-44(13-6)39(22-11-4)28-18-23-37-24-19-30-45-47(53-34-33-37)43-32-31-41(35-46(43)54-45)38(21-10-3)27-20-29-42(12-5)51-36(7)49;1-3-5-7-9-8-6-4-2;1-2-3-4-5-6-7-8-9;1-2-3-4-5-6(7)8;1-3-4-2;4*1-2/h10-11,18-24,27-28,31-33,35,40,42,44H,3,8-9,12-17,25-26,29-30,34H2,1-2,4-7H3;3-9H2,1-2H3;8H,2-7H2,1H3;2-5H2,1H3,(H,7,8);3-4H2,1-2H3;2*1-2H3;1-2H2;2H,1H3/b22-11-,23-18+,24-19-,27-20-,37-33-,38-21+,39-28+;;;;;;;;. The van der Waals surface area contributed by atoms with Gasteiger partial charge in [-0.05, 0) is 73.8 Å². The lowest BCUT2D eigenvalue weighted by Gasteiger charge is -2.22. The van der Waals surface area contributed by atoms with Gasteiger partial charge in [0.05, 0.1) is 5.92 Å². The molecule has 3 unspecified atom stereocenters. The Morgan fingerprint density at radius 1 is 0.674 bits per heavy atom. The van der Waals surface area contributed by atoms with E-state index in [9.17, 15) is 19.2 Å². The third-order valence-electron chi connectivity index (χ3n) is 14.2. The largest absolute Gasteiger partial charge is 0.481 e. The van der Waals surface area contributed by atoms with Gasteiger partial charge in [0.1, 0.15) is 18.5 Å². The topological polar surface area (TPSA) is 127 Å². The molecule has 1 aromatic carbocycles. The fourth-order valence-electron chi connectivity index (χ4n) is 8.96. The summed E-state index contributed by atoms with van der Waals surface area (Å²) in [7, 11) is 1.00. The number of aliphatic hydroxyl groups excluding tert-OH is 1. The van der Waals surface area contributed by atoms with Gasteiger partial charge in [-0.3, -0.25) is 14.4 Å². The molecule has 0 amide bonds. The molecule has 0 bridgehead atoms. The van der Waals surface area contributed by atoms with Crippen molar-refractivity contribution in [2.75, 3.05) is 12.9 Å². The second-order valence-corrected chi connectivity index (χ2v) is 24.0. The average Bonchev–Trinajstić information content (AvgIpc) is 1.65. The third kappa shape index (κ3) is 57.9. The Kier molecular flexibility index (Phi) is 84.1. The van der Waals surface area contributed by atoms with Gasteiger partial charge in [-0.1, -0.05) is 323 Å². The van der Waals surface area contributed by atoms with Crippen molar-refractivity contribution in [1.29, 1.82) is 0 Å². The molecule has 1 aliphatic heterocycles. The minimum atomic E-state index is -0.682. The first-order valence-electron chi connectivity index (χ1n) is 36.3. The molecule has 0 saturated carbocycles. The van der Waals surface area contributed by atoms with Crippen molar-refractivity contribution in [2.45, 2.75) is 327 Å². The number of allylic oxidation sites excluding steroid dienone is 11. The number of carboxylic acid groups (broad SMARTS) is 1. The first-order chi connectivity index (χ1) is 44.8. The predicted octanol–water partition coefficient (Wildman–Crippen LogP) is 26.3. The zero-order chi connectivity index (χ0) is 70.9. The molecule has 530 valence electrons. The maximum atomic E-state index is 13.4. The number of aliphatic hydroxyl groups is 1. The van der Waals surface area contributed by atoms with Gasteiger partial charge in [-0.15, -0.1) is 36.3 Å². The van der Waals surface area contributed by atoms with Crippen LogP contribution < -0.4 is 0 Å². The molecular weight excluding hydrogens is 1180 g/mol. The maximum Gasteiger partial charge on any atom is 0.309 e. The van der Waals surface area contributed by atoms with Crippen molar-refractivity contribution >= 4 is 63.0 Å². The number of hydrogen-bond acceptors (Lipinski definition) is 9. The van der Waals surface area contributed by atoms with E-state index >= 15 is 0 Å². The summed E-state index contributed by atoms with van der Waals surface area (Å²) in [5.74, 6) is -0.105. The Labute approximate surface area is 576 Å². The van der Waals surface area contributed by atoms with Crippen LogP contribution in [0.3, 0.4) is 0 Å². The first-order valence-corrected chi connectivity index (χ1v) is 38.1. The van der Waals surface area contributed by atoms with Crippen LogP contribution in [0.2, 0.25) is 0 Å². The highest BCUT2D eigenvalue weighted by Gasteiger charge is 2.24. The first kappa shape index (κ1) is 98.3. The molecule has 2 heterocycles. The van der Waals surface area contributed by atoms with Crippen molar-refractivity contribution in [3.05, 3.63) is 132 Å². The number of fused-ring (bicyclic) bond motifs is 3. The maximum absolute atomic E-state index is 13.4. The van der Waals surface area contributed by atoms with E-state index in [-0.39, 0.29) is 30.1 Å². The van der Waals surface area contributed by atoms with Crippen LogP contribution >= 0.6 is 23.1 Å². The number of thioether (sulfide) groups is 1. The number of rotatable bonds is 39. The number of esters is 2. The van der Waals surface area contributed by atoms with E-state index in [0.29, 0.717) is 12.8 Å². The molecular formula is C82H142O8S2. The Balaban J connectivity index is -0.000000393. The smallest absolute Gasteiger partial charge is 0.309 e. The van der Waals surface area contributed by atoms with E-state index in [2.05, 4.69) is 155 Å². The number of aldehydes is 1. The van der Waals surface area contributed by atoms with Gasteiger partial charge in [0.25, 0.3) is 0 Å². The van der Waals surface area contributed by atoms with Crippen LogP contribution in [0, 0.1) is 5.92 Å². The van der Waals surface area contributed by atoms with Crippen molar-refractivity contribution in [3.8, 4) is 0 Å². The van der Waals surface area contributed by atoms with Crippen LogP contribution in [0.4, 0.5) is 0 Å². The number of aliphatic carboxylic acids is 1. The molecule has 1 aliphatic rings. The van der Waals surface area contributed by atoms with Gasteiger partial charge < -0.3 is 24.5 Å². The molecule has 3 atom stereocenters. The van der Waals surface area contributed by atoms with Crippen molar-refractivity contribution in [2.24, 2.45) is 5.92 Å². The molecule has 1 aromatic heterocycles. The summed E-state index contributed by atoms with van der Waals surface area (Å²) < 4.78 is 12.9. The van der Waals surface area contributed by atoms with E-state index in [1.807, 2.05) is 82.9 Å². The number of carbonyl (C=O) groups is 4. The fourth-order valence-corrected chi connectivity index (χ4v) is 11.5. The SMILES string of the molecule is C=C.C=C/C=C(\C=C/CC(CC)OC(C)=O)c1ccc2c3c(sc2c1)C\C=C/C(/C=C/C=C(\C=C/C)C(CC)OC(=O)C(CCCC)CCCCCC)=C\CS3.CC.CC.CCCC.CCCCCC(=O)O.CCCCCCCC=O.CCCCCCCCC.CO. The molecule has 0 radical (unpaired) electrons. The Hall–Kier alpha value is -4.77. The number of carbonyl (C=O) groups excluding carboxylic acids is 3. The van der Waals surface area contributed by atoms with Gasteiger partial charge in [0.2, 0.25) is 0 Å². The monoisotopic (exact) mass is 1320 g/mol. The molecule has 92 heavy (non-hydrogen) atoms. The van der Waals surface area contributed by atoms with Crippen LogP contribution in [-0.4, -0.2) is 59.5 Å². The summed E-state index contributed by atoms with van der Waals surface area (Å²) in [4.78, 5) is 47.3. The lowest BCUT2D eigenvalue weighted by molar-refractivity contribution is -0.153. The quantitative estimate of drug-likeness (QED) is 0.0221. The highest BCUT2D eigenvalue weighted by molar-refractivity contribution is 7.99.